The lowest BCUT2D eigenvalue weighted by atomic mass is 10.1. The minimum absolute atomic E-state index is 0.202. The fraction of sp³-hybridized carbons (Fsp3) is 0.286. The standard InChI is InChI=1S/C21H24N4O2/c1-4-15-9-11-16(12-10-15)13-24(3)14-25-21(27)18-8-6-5-7-17(18)19(23-25)20(26)22-2/h5-12H,4,13-14H2,1-3H3,(H,22,26). The summed E-state index contributed by atoms with van der Waals surface area (Å²) in [7, 11) is 3.48. The molecule has 0 saturated heterocycles. The van der Waals surface area contributed by atoms with Crippen molar-refractivity contribution in [1.29, 1.82) is 0 Å². The van der Waals surface area contributed by atoms with E-state index in [1.54, 1.807) is 31.3 Å². The Morgan fingerprint density at radius 3 is 2.33 bits per heavy atom. The first-order valence-corrected chi connectivity index (χ1v) is 9.01. The molecule has 0 bridgehead atoms. The number of amides is 1. The molecule has 0 atom stereocenters. The van der Waals surface area contributed by atoms with Gasteiger partial charge in [0.2, 0.25) is 0 Å². The largest absolute Gasteiger partial charge is 0.354 e. The van der Waals surface area contributed by atoms with Gasteiger partial charge in [-0.25, -0.2) is 4.68 Å². The van der Waals surface area contributed by atoms with Gasteiger partial charge in [-0.1, -0.05) is 49.4 Å². The van der Waals surface area contributed by atoms with E-state index in [2.05, 4.69) is 41.6 Å². The number of rotatable bonds is 6. The molecule has 140 valence electrons. The van der Waals surface area contributed by atoms with Crippen molar-refractivity contribution in [3.8, 4) is 0 Å². The Labute approximate surface area is 158 Å². The maximum Gasteiger partial charge on any atom is 0.275 e. The summed E-state index contributed by atoms with van der Waals surface area (Å²) >= 11 is 0. The zero-order valence-electron chi connectivity index (χ0n) is 15.9. The van der Waals surface area contributed by atoms with Gasteiger partial charge in [-0.2, -0.15) is 5.10 Å². The van der Waals surface area contributed by atoms with E-state index in [-0.39, 0.29) is 17.2 Å². The maximum atomic E-state index is 12.8. The van der Waals surface area contributed by atoms with Gasteiger partial charge in [0, 0.05) is 19.0 Å². The molecule has 0 spiro atoms. The third-order valence-corrected chi connectivity index (χ3v) is 4.57. The van der Waals surface area contributed by atoms with Crippen LogP contribution in [0.3, 0.4) is 0 Å². The van der Waals surface area contributed by atoms with Gasteiger partial charge < -0.3 is 5.32 Å². The molecule has 1 N–H and O–H groups in total. The van der Waals surface area contributed by atoms with Gasteiger partial charge in [-0.3, -0.25) is 14.5 Å². The summed E-state index contributed by atoms with van der Waals surface area (Å²) < 4.78 is 1.35. The molecule has 6 nitrogen and oxygen atoms in total. The van der Waals surface area contributed by atoms with Crippen molar-refractivity contribution in [2.45, 2.75) is 26.6 Å². The second-order valence-corrected chi connectivity index (χ2v) is 6.60. The number of carbonyl (C=O) groups is 1. The lowest BCUT2D eigenvalue weighted by molar-refractivity contribution is 0.0956. The zero-order chi connectivity index (χ0) is 19.4. The molecule has 1 heterocycles. The zero-order valence-corrected chi connectivity index (χ0v) is 15.9. The van der Waals surface area contributed by atoms with Crippen molar-refractivity contribution in [2.75, 3.05) is 14.1 Å². The SMILES string of the molecule is CCc1ccc(CN(C)Cn2nc(C(=O)NC)c3ccccc3c2=O)cc1. The van der Waals surface area contributed by atoms with E-state index < -0.39 is 0 Å². The number of carbonyl (C=O) groups excluding carboxylic acids is 1. The van der Waals surface area contributed by atoms with E-state index in [1.165, 1.54) is 10.2 Å². The summed E-state index contributed by atoms with van der Waals surface area (Å²) in [5.74, 6) is -0.308. The van der Waals surface area contributed by atoms with Crippen LogP contribution in [0.25, 0.3) is 10.8 Å². The summed E-state index contributed by atoms with van der Waals surface area (Å²) in [4.78, 5) is 27.0. The van der Waals surface area contributed by atoms with Crippen molar-refractivity contribution < 1.29 is 4.79 Å². The van der Waals surface area contributed by atoms with Crippen LogP contribution < -0.4 is 10.9 Å². The minimum atomic E-state index is -0.308. The van der Waals surface area contributed by atoms with Gasteiger partial charge in [0.05, 0.1) is 12.1 Å². The number of fused-ring (bicyclic) bond motifs is 1. The highest BCUT2D eigenvalue weighted by Gasteiger charge is 2.16. The van der Waals surface area contributed by atoms with Gasteiger partial charge in [0.25, 0.3) is 11.5 Å². The maximum absolute atomic E-state index is 12.8. The molecule has 0 saturated carbocycles. The lowest BCUT2D eigenvalue weighted by Crippen LogP contribution is -2.34. The second kappa shape index (κ2) is 8.14. The third-order valence-electron chi connectivity index (χ3n) is 4.57. The van der Waals surface area contributed by atoms with Gasteiger partial charge in [0.1, 0.15) is 0 Å². The van der Waals surface area contributed by atoms with Crippen LogP contribution >= 0.6 is 0 Å². The van der Waals surface area contributed by atoms with Crippen LogP contribution in [0.1, 0.15) is 28.5 Å². The predicted octanol–water partition coefficient (Wildman–Crippen LogP) is 2.41. The number of benzene rings is 2. The van der Waals surface area contributed by atoms with Gasteiger partial charge >= 0.3 is 0 Å². The molecular weight excluding hydrogens is 340 g/mol. The highest BCUT2D eigenvalue weighted by Crippen LogP contribution is 2.13. The molecule has 1 amide bonds. The number of aromatic nitrogens is 2. The molecule has 1 aromatic heterocycles. The highest BCUT2D eigenvalue weighted by atomic mass is 16.2. The first-order chi connectivity index (χ1) is 13.0. The molecule has 0 fully saturated rings. The molecule has 6 heteroatoms. The van der Waals surface area contributed by atoms with Crippen LogP contribution in [0.15, 0.2) is 53.3 Å². The molecule has 0 aliphatic carbocycles. The topological polar surface area (TPSA) is 67.2 Å². The molecular formula is C21H24N4O2. The Hall–Kier alpha value is -2.99. The molecule has 0 unspecified atom stereocenters. The van der Waals surface area contributed by atoms with E-state index in [1.807, 2.05) is 11.9 Å². The van der Waals surface area contributed by atoms with E-state index in [0.29, 0.717) is 24.0 Å². The van der Waals surface area contributed by atoms with Crippen molar-refractivity contribution in [1.82, 2.24) is 20.0 Å². The summed E-state index contributed by atoms with van der Waals surface area (Å²) in [6.07, 6.45) is 1.01. The number of aryl methyl sites for hydroxylation is 1. The highest BCUT2D eigenvalue weighted by molar-refractivity contribution is 6.04. The minimum Gasteiger partial charge on any atom is -0.354 e. The monoisotopic (exact) mass is 364 g/mol. The van der Waals surface area contributed by atoms with Crippen molar-refractivity contribution in [2.24, 2.45) is 0 Å². The molecule has 27 heavy (non-hydrogen) atoms. The van der Waals surface area contributed by atoms with Crippen LogP contribution in [0.5, 0.6) is 0 Å². The average Bonchev–Trinajstić information content (AvgIpc) is 2.70. The number of hydrogen-bond donors (Lipinski definition) is 1. The summed E-state index contributed by atoms with van der Waals surface area (Å²) in [6, 6.07) is 15.5. The Morgan fingerprint density at radius 2 is 1.70 bits per heavy atom. The lowest BCUT2D eigenvalue weighted by Gasteiger charge is -2.18. The van der Waals surface area contributed by atoms with Gasteiger partial charge in [-0.05, 0) is 30.7 Å². The van der Waals surface area contributed by atoms with E-state index in [4.69, 9.17) is 0 Å². The average molecular weight is 364 g/mol. The fourth-order valence-electron chi connectivity index (χ4n) is 3.09. The van der Waals surface area contributed by atoms with Crippen LogP contribution in [-0.4, -0.2) is 34.7 Å². The second-order valence-electron chi connectivity index (χ2n) is 6.60. The van der Waals surface area contributed by atoms with Crippen molar-refractivity contribution >= 4 is 16.7 Å². The molecule has 0 radical (unpaired) electrons. The van der Waals surface area contributed by atoms with Crippen LogP contribution in [0.2, 0.25) is 0 Å². The van der Waals surface area contributed by atoms with E-state index in [0.717, 1.165) is 12.0 Å². The van der Waals surface area contributed by atoms with E-state index >= 15 is 0 Å². The molecule has 0 aliphatic heterocycles. The Kier molecular flexibility index (Phi) is 5.66. The smallest absolute Gasteiger partial charge is 0.275 e. The van der Waals surface area contributed by atoms with Gasteiger partial charge in [0.15, 0.2) is 5.69 Å². The van der Waals surface area contributed by atoms with Gasteiger partial charge in [-0.15, -0.1) is 0 Å². The van der Waals surface area contributed by atoms with Crippen molar-refractivity contribution in [3.63, 3.8) is 0 Å². The number of nitrogens with one attached hydrogen (secondary N) is 1. The summed E-state index contributed by atoms with van der Waals surface area (Å²) in [6.45, 7) is 3.10. The number of nitrogens with zero attached hydrogens (tertiary/aromatic N) is 3. The Bertz CT molecular complexity index is 1010. The molecule has 3 aromatic rings. The Balaban J connectivity index is 1.90. The number of hydrogen-bond acceptors (Lipinski definition) is 4. The first-order valence-electron chi connectivity index (χ1n) is 9.01. The normalized spacial score (nSPS) is 11.1. The molecule has 3 rings (SSSR count). The third kappa shape index (κ3) is 4.06. The van der Waals surface area contributed by atoms with E-state index in [9.17, 15) is 9.59 Å². The van der Waals surface area contributed by atoms with Crippen LogP contribution in [0, 0.1) is 0 Å². The Morgan fingerprint density at radius 1 is 1.07 bits per heavy atom. The van der Waals surface area contributed by atoms with Crippen LogP contribution in [0.4, 0.5) is 0 Å². The fourth-order valence-corrected chi connectivity index (χ4v) is 3.09. The first kappa shape index (κ1) is 18.8. The summed E-state index contributed by atoms with van der Waals surface area (Å²) in [5.41, 5.74) is 2.51. The molecule has 0 aliphatic rings. The quantitative estimate of drug-likeness (QED) is 0.729. The molecule has 2 aromatic carbocycles. The predicted molar refractivity (Wildman–Crippen MR) is 107 cm³/mol. The summed E-state index contributed by atoms with van der Waals surface area (Å²) in [5, 5.41) is 7.98. The van der Waals surface area contributed by atoms with Crippen molar-refractivity contribution in [3.05, 3.63) is 75.7 Å². The van der Waals surface area contributed by atoms with Crippen LogP contribution in [-0.2, 0) is 19.6 Å².